The van der Waals surface area contributed by atoms with Gasteiger partial charge in [0.05, 0.1) is 23.1 Å². The molecule has 4 aromatic rings. The SMILES string of the molecule is C=NC(=O)c1ccc2c(c1)nc(Nc1ccc(SC)cc1)n2Cc1ccccc1C(F)(F)F. The van der Waals surface area contributed by atoms with E-state index in [0.29, 0.717) is 22.5 Å². The maximum absolute atomic E-state index is 13.6. The molecule has 0 atom stereocenters. The molecule has 0 bridgehead atoms. The fraction of sp³-hybridized carbons (Fsp3) is 0.125. The van der Waals surface area contributed by atoms with Gasteiger partial charge in [-0.15, -0.1) is 11.8 Å². The molecule has 0 aliphatic heterocycles. The number of nitrogens with one attached hydrogen (secondary N) is 1. The number of hydrogen-bond acceptors (Lipinski definition) is 4. The molecule has 1 heterocycles. The number of halogens is 3. The number of aromatic nitrogens is 2. The lowest BCUT2D eigenvalue weighted by Crippen LogP contribution is -2.12. The number of imidazole rings is 1. The number of fused-ring (bicyclic) bond motifs is 1. The Morgan fingerprint density at radius 3 is 2.52 bits per heavy atom. The van der Waals surface area contributed by atoms with E-state index in [1.165, 1.54) is 12.1 Å². The molecule has 0 fully saturated rings. The number of amides is 1. The van der Waals surface area contributed by atoms with Crippen LogP contribution in [-0.4, -0.2) is 28.4 Å². The second-order valence-corrected chi connectivity index (χ2v) is 8.08. The molecule has 0 aliphatic rings. The molecule has 0 aliphatic carbocycles. The minimum Gasteiger partial charge on any atom is -0.326 e. The molecule has 0 saturated carbocycles. The van der Waals surface area contributed by atoms with Crippen LogP contribution in [0.25, 0.3) is 11.0 Å². The monoisotopic (exact) mass is 468 g/mol. The van der Waals surface area contributed by atoms with Crippen LogP contribution in [0, 0.1) is 0 Å². The van der Waals surface area contributed by atoms with Crippen LogP contribution in [0.15, 0.2) is 76.6 Å². The van der Waals surface area contributed by atoms with Gasteiger partial charge in [-0.1, -0.05) is 18.2 Å². The van der Waals surface area contributed by atoms with Crippen LogP contribution >= 0.6 is 11.8 Å². The summed E-state index contributed by atoms with van der Waals surface area (Å²) in [6.07, 6.45) is -2.51. The fourth-order valence-electron chi connectivity index (χ4n) is 3.52. The second kappa shape index (κ2) is 9.11. The number of benzene rings is 3. The van der Waals surface area contributed by atoms with Crippen molar-refractivity contribution in [2.24, 2.45) is 4.99 Å². The Balaban J connectivity index is 1.82. The van der Waals surface area contributed by atoms with Crippen molar-refractivity contribution in [2.75, 3.05) is 11.6 Å². The Morgan fingerprint density at radius 1 is 1.12 bits per heavy atom. The van der Waals surface area contributed by atoms with E-state index in [9.17, 15) is 18.0 Å². The number of rotatable bonds is 6. The van der Waals surface area contributed by atoms with Crippen molar-refractivity contribution < 1.29 is 18.0 Å². The van der Waals surface area contributed by atoms with Gasteiger partial charge in [-0.2, -0.15) is 13.2 Å². The van der Waals surface area contributed by atoms with Crippen molar-refractivity contribution in [3.8, 4) is 0 Å². The van der Waals surface area contributed by atoms with Gasteiger partial charge in [0.1, 0.15) is 0 Å². The van der Waals surface area contributed by atoms with Crippen LogP contribution in [0.3, 0.4) is 0 Å². The number of anilines is 2. The van der Waals surface area contributed by atoms with Gasteiger partial charge in [-0.3, -0.25) is 4.79 Å². The summed E-state index contributed by atoms with van der Waals surface area (Å²) in [4.78, 5) is 21.0. The Hall–Kier alpha value is -3.59. The van der Waals surface area contributed by atoms with Gasteiger partial charge in [0, 0.05) is 16.1 Å². The number of nitrogens with zero attached hydrogens (tertiary/aromatic N) is 3. The van der Waals surface area contributed by atoms with E-state index >= 15 is 0 Å². The molecule has 1 amide bonds. The summed E-state index contributed by atoms with van der Waals surface area (Å²) in [7, 11) is 0. The summed E-state index contributed by atoms with van der Waals surface area (Å²) in [6.45, 7) is 3.19. The molecule has 0 saturated heterocycles. The topological polar surface area (TPSA) is 59.3 Å². The zero-order valence-electron chi connectivity index (χ0n) is 17.6. The van der Waals surface area contributed by atoms with E-state index in [2.05, 4.69) is 22.0 Å². The van der Waals surface area contributed by atoms with Gasteiger partial charge >= 0.3 is 6.18 Å². The van der Waals surface area contributed by atoms with Crippen molar-refractivity contribution in [3.63, 3.8) is 0 Å². The Kier molecular flexibility index (Phi) is 6.24. The minimum absolute atomic E-state index is 0.0651. The van der Waals surface area contributed by atoms with Crippen LogP contribution in [0.2, 0.25) is 0 Å². The first kappa shape index (κ1) is 22.6. The predicted molar refractivity (Wildman–Crippen MR) is 126 cm³/mol. The van der Waals surface area contributed by atoms with Crippen LogP contribution in [0.5, 0.6) is 0 Å². The van der Waals surface area contributed by atoms with Crippen LogP contribution in [0.4, 0.5) is 24.8 Å². The lowest BCUT2D eigenvalue weighted by atomic mass is 10.1. The third-order valence-corrected chi connectivity index (χ3v) is 5.88. The largest absolute Gasteiger partial charge is 0.416 e. The summed E-state index contributed by atoms with van der Waals surface area (Å²) in [5, 5.41) is 3.20. The van der Waals surface area contributed by atoms with Gasteiger partial charge in [-0.25, -0.2) is 9.98 Å². The number of aliphatic imine (C=N–C) groups is 1. The third kappa shape index (κ3) is 4.78. The molecule has 0 spiro atoms. The highest BCUT2D eigenvalue weighted by Gasteiger charge is 2.33. The summed E-state index contributed by atoms with van der Waals surface area (Å²) >= 11 is 1.60. The molecule has 1 N–H and O–H groups in total. The third-order valence-electron chi connectivity index (χ3n) is 5.14. The summed E-state index contributed by atoms with van der Waals surface area (Å²) in [6, 6.07) is 17.8. The van der Waals surface area contributed by atoms with E-state index in [4.69, 9.17) is 0 Å². The molecule has 33 heavy (non-hydrogen) atoms. The Labute approximate surface area is 192 Å². The van der Waals surface area contributed by atoms with E-state index in [0.717, 1.165) is 16.6 Å². The number of carbonyl (C=O) groups excluding carboxylic acids is 1. The first-order valence-corrected chi connectivity index (χ1v) is 11.1. The molecule has 0 radical (unpaired) electrons. The maximum Gasteiger partial charge on any atom is 0.416 e. The van der Waals surface area contributed by atoms with E-state index < -0.39 is 17.6 Å². The van der Waals surface area contributed by atoms with Crippen molar-refractivity contribution >= 4 is 47.1 Å². The number of hydrogen-bond donors (Lipinski definition) is 1. The van der Waals surface area contributed by atoms with Crippen LogP contribution in [-0.2, 0) is 12.7 Å². The Bertz CT molecular complexity index is 1330. The molecular weight excluding hydrogens is 449 g/mol. The average Bonchev–Trinajstić information content (AvgIpc) is 3.14. The normalized spacial score (nSPS) is 11.5. The number of thioether (sulfide) groups is 1. The highest BCUT2D eigenvalue weighted by Crippen LogP contribution is 2.34. The van der Waals surface area contributed by atoms with Crippen molar-refractivity contribution in [1.29, 1.82) is 0 Å². The van der Waals surface area contributed by atoms with Gasteiger partial charge < -0.3 is 9.88 Å². The molecule has 4 rings (SSSR count). The highest BCUT2D eigenvalue weighted by molar-refractivity contribution is 7.98. The molecule has 0 unspecified atom stereocenters. The van der Waals surface area contributed by atoms with Gasteiger partial charge in [0.2, 0.25) is 5.95 Å². The number of alkyl halides is 3. The molecule has 9 heteroatoms. The first-order valence-electron chi connectivity index (χ1n) is 9.87. The fourth-order valence-corrected chi connectivity index (χ4v) is 3.93. The van der Waals surface area contributed by atoms with Crippen molar-refractivity contribution in [3.05, 3.63) is 83.4 Å². The van der Waals surface area contributed by atoms with Crippen molar-refractivity contribution in [1.82, 2.24) is 9.55 Å². The standard InChI is InChI=1S/C24H19F3N4OS/c1-28-22(32)15-7-12-21-20(13-15)30-23(29-17-8-10-18(33-2)11-9-17)31(21)14-16-5-3-4-6-19(16)24(25,26)27/h3-13H,1,14H2,2H3,(H,29,30). The summed E-state index contributed by atoms with van der Waals surface area (Å²) in [5.74, 6) is -0.147. The molecule has 5 nitrogen and oxygen atoms in total. The highest BCUT2D eigenvalue weighted by atomic mass is 32.2. The zero-order chi connectivity index (χ0) is 23.6. The smallest absolute Gasteiger partial charge is 0.326 e. The molecule has 1 aromatic heterocycles. The van der Waals surface area contributed by atoms with Crippen LogP contribution in [0.1, 0.15) is 21.5 Å². The van der Waals surface area contributed by atoms with E-state index in [1.54, 1.807) is 40.6 Å². The molecular formula is C24H19F3N4OS. The van der Waals surface area contributed by atoms with Gasteiger partial charge in [0.15, 0.2) is 0 Å². The Morgan fingerprint density at radius 2 is 1.85 bits per heavy atom. The first-order chi connectivity index (χ1) is 15.8. The lowest BCUT2D eigenvalue weighted by molar-refractivity contribution is -0.138. The van der Waals surface area contributed by atoms with Crippen LogP contribution < -0.4 is 5.32 Å². The van der Waals surface area contributed by atoms with Crippen molar-refractivity contribution in [2.45, 2.75) is 17.6 Å². The number of carbonyl (C=O) groups is 1. The van der Waals surface area contributed by atoms with Gasteiger partial charge in [-0.05, 0) is 67.1 Å². The lowest BCUT2D eigenvalue weighted by Gasteiger charge is -2.16. The quantitative estimate of drug-likeness (QED) is 0.262. The van der Waals surface area contributed by atoms with Gasteiger partial charge in [0.25, 0.3) is 5.91 Å². The summed E-state index contributed by atoms with van der Waals surface area (Å²) < 4.78 is 42.4. The maximum atomic E-state index is 13.6. The molecule has 168 valence electrons. The van der Waals surface area contributed by atoms with E-state index in [1.807, 2.05) is 30.5 Å². The van der Waals surface area contributed by atoms with E-state index in [-0.39, 0.29) is 12.1 Å². The predicted octanol–water partition coefficient (Wildman–Crippen LogP) is 6.41. The minimum atomic E-state index is -4.48. The molecule has 3 aromatic carbocycles. The summed E-state index contributed by atoms with van der Waals surface area (Å²) in [5.41, 5.74) is 1.47. The second-order valence-electron chi connectivity index (χ2n) is 7.20. The average molecular weight is 469 g/mol. The zero-order valence-corrected chi connectivity index (χ0v) is 18.4.